The van der Waals surface area contributed by atoms with Gasteiger partial charge in [-0.15, -0.1) is 11.8 Å². The molecule has 0 bridgehead atoms. The molecule has 0 aromatic carbocycles. The fourth-order valence-electron chi connectivity index (χ4n) is 2.81. The summed E-state index contributed by atoms with van der Waals surface area (Å²) < 4.78 is 0. The number of nitrogens with zero attached hydrogens (tertiary/aromatic N) is 1. The number of hydrogen-bond acceptors (Lipinski definition) is 2. The van der Waals surface area contributed by atoms with Crippen molar-refractivity contribution in [3.05, 3.63) is 0 Å². The Kier molecular flexibility index (Phi) is 4.69. The van der Waals surface area contributed by atoms with Gasteiger partial charge in [-0.3, -0.25) is 0 Å². The number of hydrogen-bond donors (Lipinski definition) is 1. The van der Waals surface area contributed by atoms with Crippen molar-refractivity contribution in [1.82, 2.24) is 10.2 Å². The Labute approximate surface area is 99.8 Å². The number of rotatable bonds is 4. The molecule has 2 heterocycles. The van der Waals surface area contributed by atoms with Crippen LogP contribution in [0.15, 0.2) is 0 Å². The van der Waals surface area contributed by atoms with Gasteiger partial charge in [0.2, 0.25) is 0 Å². The predicted octanol–water partition coefficient (Wildman–Crippen LogP) is 2.01. The third kappa shape index (κ3) is 3.50. The van der Waals surface area contributed by atoms with Gasteiger partial charge in [-0.2, -0.15) is 0 Å². The van der Waals surface area contributed by atoms with E-state index < -0.39 is 0 Å². The van der Waals surface area contributed by atoms with Gasteiger partial charge in [0, 0.05) is 25.0 Å². The van der Waals surface area contributed by atoms with Gasteiger partial charge in [-0.1, -0.05) is 6.42 Å². The zero-order valence-electron chi connectivity index (χ0n) is 10.5. The first-order valence-corrected chi connectivity index (χ1v) is 6.76. The van der Waals surface area contributed by atoms with E-state index in [-0.39, 0.29) is 0 Å². The minimum atomic E-state index is 0.746. The Morgan fingerprint density at radius 1 is 1.19 bits per heavy atom. The molecular formula is C14H24N2. The Bertz CT molecular complexity index is 252. The van der Waals surface area contributed by atoms with Gasteiger partial charge in [0.1, 0.15) is 0 Å². The van der Waals surface area contributed by atoms with E-state index in [2.05, 4.69) is 22.1 Å². The number of nitrogens with one attached hydrogen (secondary N) is 1. The lowest BCUT2D eigenvalue weighted by Crippen LogP contribution is -2.57. The summed E-state index contributed by atoms with van der Waals surface area (Å²) in [7, 11) is 0. The first-order valence-electron chi connectivity index (χ1n) is 6.76. The van der Waals surface area contributed by atoms with E-state index in [0.717, 1.165) is 18.5 Å². The van der Waals surface area contributed by atoms with Crippen molar-refractivity contribution in [2.24, 2.45) is 0 Å². The highest BCUT2D eigenvalue weighted by Gasteiger charge is 2.28. The van der Waals surface area contributed by atoms with Crippen LogP contribution < -0.4 is 5.32 Å². The van der Waals surface area contributed by atoms with Crippen LogP contribution in [-0.4, -0.2) is 36.6 Å². The summed E-state index contributed by atoms with van der Waals surface area (Å²) in [5.74, 6) is 6.11. The zero-order valence-corrected chi connectivity index (χ0v) is 10.5. The maximum atomic E-state index is 3.68. The molecule has 2 rings (SSSR count). The largest absolute Gasteiger partial charge is 0.310 e. The standard InChI is InChI=1S/C14H24N2/c1-2-3-5-8-13-11-14(15-13)12-16-9-6-4-7-10-16/h13-15H,4-12H2,1H3. The summed E-state index contributed by atoms with van der Waals surface area (Å²) in [5.41, 5.74) is 0. The zero-order chi connectivity index (χ0) is 11.2. The van der Waals surface area contributed by atoms with Gasteiger partial charge < -0.3 is 10.2 Å². The van der Waals surface area contributed by atoms with Crippen LogP contribution in [0.25, 0.3) is 0 Å². The molecule has 2 saturated heterocycles. The third-order valence-corrected chi connectivity index (χ3v) is 3.76. The van der Waals surface area contributed by atoms with E-state index in [1.807, 2.05) is 6.92 Å². The Balaban J connectivity index is 1.55. The first kappa shape index (κ1) is 12.0. The molecule has 90 valence electrons. The van der Waals surface area contributed by atoms with Crippen molar-refractivity contribution in [2.45, 2.75) is 57.5 Å². The lowest BCUT2D eigenvalue weighted by molar-refractivity contribution is 0.150. The van der Waals surface area contributed by atoms with Crippen LogP contribution >= 0.6 is 0 Å². The number of likely N-dealkylation sites (tertiary alicyclic amines) is 1. The fraction of sp³-hybridized carbons (Fsp3) is 0.857. The molecule has 2 atom stereocenters. The molecule has 2 unspecified atom stereocenters. The van der Waals surface area contributed by atoms with Crippen molar-refractivity contribution in [3.63, 3.8) is 0 Å². The van der Waals surface area contributed by atoms with Crippen molar-refractivity contribution >= 4 is 0 Å². The second-order valence-electron chi connectivity index (χ2n) is 5.12. The molecule has 2 heteroatoms. The molecule has 0 spiro atoms. The molecule has 1 N–H and O–H groups in total. The minimum Gasteiger partial charge on any atom is -0.310 e. The quantitative estimate of drug-likeness (QED) is 0.729. The second kappa shape index (κ2) is 6.27. The smallest absolute Gasteiger partial charge is 0.0212 e. The first-order chi connectivity index (χ1) is 7.88. The SMILES string of the molecule is CC#CCCC1CC(CN2CCCCC2)N1. The van der Waals surface area contributed by atoms with E-state index in [0.29, 0.717) is 0 Å². The van der Waals surface area contributed by atoms with E-state index in [1.165, 1.54) is 51.7 Å². The molecule has 0 saturated carbocycles. The van der Waals surface area contributed by atoms with Gasteiger partial charge in [-0.05, 0) is 45.7 Å². The summed E-state index contributed by atoms with van der Waals surface area (Å²) in [6.45, 7) is 5.84. The van der Waals surface area contributed by atoms with Gasteiger partial charge in [0.05, 0.1) is 0 Å². The molecule has 2 aliphatic heterocycles. The van der Waals surface area contributed by atoms with Crippen LogP contribution in [0.5, 0.6) is 0 Å². The average molecular weight is 220 g/mol. The maximum absolute atomic E-state index is 3.68. The monoisotopic (exact) mass is 220 g/mol. The topological polar surface area (TPSA) is 15.3 Å². The second-order valence-corrected chi connectivity index (χ2v) is 5.12. The predicted molar refractivity (Wildman–Crippen MR) is 68.3 cm³/mol. The normalized spacial score (nSPS) is 30.3. The van der Waals surface area contributed by atoms with E-state index in [1.54, 1.807) is 0 Å². The molecule has 2 fully saturated rings. The van der Waals surface area contributed by atoms with E-state index in [4.69, 9.17) is 0 Å². The van der Waals surface area contributed by atoms with Gasteiger partial charge in [-0.25, -0.2) is 0 Å². The lowest BCUT2D eigenvalue weighted by Gasteiger charge is -2.41. The molecule has 16 heavy (non-hydrogen) atoms. The van der Waals surface area contributed by atoms with Crippen LogP contribution in [0.1, 0.15) is 45.4 Å². The Hall–Kier alpha value is -0.520. The van der Waals surface area contributed by atoms with Gasteiger partial charge >= 0.3 is 0 Å². The summed E-state index contributed by atoms with van der Waals surface area (Å²) in [6, 6.07) is 1.51. The lowest BCUT2D eigenvalue weighted by atomic mass is 9.92. The van der Waals surface area contributed by atoms with Crippen LogP contribution in [-0.2, 0) is 0 Å². The molecule has 2 aliphatic rings. The molecule has 2 nitrogen and oxygen atoms in total. The maximum Gasteiger partial charge on any atom is 0.0212 e. The molecule has 0 aliphatic carbocycles. The van der Waals surface area contributed by atoms with Gasteiger partial charge in [0.15, 0.2) is 0 Å². The van der Waals surface area contributed by atoms with Crippen LogP contribution in [0.2, 0.25) is 0 Å². The van der Waals surface area contributed by atoms with Crippen LogP contribution in [0.4, 0.5) is 0 Å². The Morgan fingerprint density at radius 2 is 1.94 bits per heavy atom. The third-order valence-electron chi connectivity index (χ3n) is 3.76. The highest BCUT2D eigenvalue weighted by molar-refractivity contribution is 4.98. The Morgan fingerprint density at radius 3 is 2.62 bits per heavy atom. The summed E-state index contributed by atoms with van der Waals surface area (Å²) in [4.78, 5) is 2.63. The van der Waals surface area contributed by atoms with E-state index >= 15 is 0 Å². The van der Waals surface area contributed by atoms with Gasteiger partial charge in [0.25, 0.3) is 0 Å². The summed E-state index contributed by atoms with van der Waals surface area (Å²) in [6.07, 6.45) is 7.90. The van der Waals surface area contributed by atoms with Crippen molar-refractivity contribution in [1.29, 1.82) is 0 Å². The molecule has 0 aromatic heterocycles. The molecule has 0 radical (unpaired) electrons. The van der Waals surface area contributed by atoms with Crippen molar-refractivity contribution in [3.8, 4) is 11.8 Å². The van der Waals surface area contributed by atoms with E-state index in [9.17, 15) is 0 Å². The fourth-order valence-corrected chi connectivity index (χ4v) is 2.81. The van der Waals surface area contributed by atoms with Crippen LogP contribution in [0, 0.1) is 11.8 Å². The number of piperidine rings is 1. The average Bonchev–Trinajstić information content (AvgIpc) is 2.27. The van der Waals surface area contributed by atoms with Crippen molar-refractivity contribution < 1.29 is 0 Å². The molecule has 0 aromatic rings. The molecule has 0 amide bonds. The van der Waals surface area contributed by atoms with Crippen molar-refractivity contribution in [2.75, 3.05) is 19.6 Å². The highest BCUT2D eigenvalue weighted by atomic mass is 15.2. The minimum absolute atomic E-state index is 0.746. The molecular weight excluding hydrogens is 196 g/mol. The summed E-state index contributed by atoms with van der Waals surface area (Å²) in [5, 5.41) is 3.68. The van der Waals surface area contributed by atoms with Crippen LogP contribution in [0.3, 0.4) is 0 Å². The highest BCUT2D eigenvalue weighted by Crippen LogP contribution is 2.19. The summed E-state index contributed by atoms with van der Waals surface area (Å²) >= 11 is 0.